The summed E-state index contributed by atoms with van der Waals surface area (Å²) in [5.41, 5.74) is -0.229. The van der Waals surface area contributed by atoms with Crippen LogP contribution in [0, 0.1) is 10.8 Å². The second-order valence-corrected chi connectivity index (χ2v) is 12.9. The third-order valence-electron chi connectivity index (χ3n) is 5.16. The van der Waals surface area contributed by atoms with Crippen LogP contribution in [0.15, 0.2) is 21.2 Å². The Morgan fingerprint density at radius 2 is 1.16 bits per heavy atom. The Balaban J connectivity index is 1.60. The largest absolute Gasteiger partial charge is 0.616 e. The Morgan fingerprint density at radius 3 is 1.48 bits per heavy atom. The molecule has 2 atom stereocenters. The first-order valence-electron chi connectivity index (χ1n) is 10.4. The van der Waals surface area contributed by atoms with Gasteiger partial charge in [-0.15, -0.1) is 0 Å². The predicted octanol–water partition coefficient (Wildman–Crippen LogP) is 3.58. The Labute approximate surface area is 190 Å². The van der Waals surface area contributed by atoms with Crippen molar-refractivity contribution in [2.45, 2.75) is 59.8 Å². The van der Waals surface area contributed by atoms with Crippen LogP contribution in [0.3, 0.4) is 0 Å². The van der Waals surface area contributed by atoms with Crippen molar-refractivity contribution >= 4 is 22.4 Å². The summed E-state index contributed by atoms with van der Waals surface area (Å²) >= 11 is -1.91. The SMILES string of the molecule is CC(C)(CC[S+]([O-])CCC[S+]([O-])CCC(C)(C)Cc1cc(O)no1)Cc1cc(O)no1. The van der Waals surface area contributed by atoms with E-state index in [4.69, 9.17) is 9.05 Å². The lowest BCUT2D eigenvalue weighted by Crippen LogP contribution is -2.24. The number of hydrogen-bond acceptors (Lipinski definition) is 8. The van der Waals surface area contributed by atoms with Crippen LogP contribution in [-0.4, -0.2) is 52.6 Å². The summed E-state index contributed by atoms with van der Waals surface area (Å²) in [4.78, 5) is 0. The maximum absolute atomic E-state index is 12.3. The van der Waals surface area contributed by atoms with E-state index >= 15 is 0 Å². The van der Waals surface area contributed by atoms with Gasteiger partial charge < -0.3 is 28.4 Å². The minimum Gasteiger partial charge on any atom is -0.616 e. The summed E-state index contributed by atoms with van der Waals surface area (Å²) in [5, 5.41) is 25.5. The van der Waals surface area contributed by atoms with E-state index in [2.05, 4.69) is 38.0 Å². The Kier molecular flexibility index (Phi) is 9.60. The Morgan fingerprint density at radius 1 is 0.774 bits per heavy atom. The third kappa shape index (κ3) is 10.2. The van der Waals surface area contributed by atoms with E-state index in [1.54, 1.807) is 0 Å². The highest BCUT2D eigenvalue weighted by Gasteiger charge is 2.25. The van der Waals surface area contributed by atoms with E-state index in [9.17, 15) is 19.3 Å². The molecular weight excluding hydrogens is 440 g/mol. The van der Waals surface area contributed by atoms with Crippen molar-refractivity contribution in [1.82, 2.24) is 10.3 Å². The fraction of sp³-hybridized carbons (Fsp3) is 0.714. The first-order valence-corrected chi connectivity index (χ1v) is 13.4. The monoisotopic (exact) mass is 474 g/mol. The van der Waals surface area contributed by atoms with Crippen molar-refractivity contribution in [2.24, 2.45) is 10.8 Å². The van der Waals surface area contributed by atoms with Gasteiger partial charge in [-0.1, -0.05) is 50.0 Å². The van der Waals surface area contributed by atoms with E-state index in [-0.39, 0.29) is 22.6 Å². The van der Waals surface area contributed by atoms with Crippen molar-refractivity contribution in [2.75, 3.05) is 23.0 Å². The molecule has 2 N–H and O–H groups in total. The molecule has 2 aromatic heterocycles. The van der Waals surface area contributed by atoms with Crippen LogP contribution < -0.4 is 0 Å². The van der Waals surface area contributed by atoms with Gasteiger partial charge in [0, 0.05) is 31.4 Å². The molecule has 0 bridgehead atoms. The van der Waals surface area contributed by atoms with Gasteiger partial charge in [0.2, 0.25) is 0 Å². The van der Waals surface area contributed by atoms with Crippen LogP contribution in [0.4, 0.5) is 0 Å². The standard InChI is InChI=1S/C21H34N2O6S2/c1-20(2,14-16-12-18(24)22-28-16)6-10-30(26)8-5-9-31(27)11-7-21(3,4)15-17-13-19(25)23-29-17/h12-13H,5-11,14-15H2,1-4H3,(H,22,24)(H,23,25). The lowest BCUT2D eigenvalue weighted by Gasteiger charge is -2.24. The molecule has 2 unspecified atom stereocenters. The molecule has 0 aliphatic rings. The van der Waals surface area contributed by atoms with Gasteiger partial charge in [0.25, 0.3) is 11.8 Å². The predicted molar refractivity (Wildman–Crippen MR) is 121 cm³/mol. The summed E-state index contributed by atoms with van der Waals surface area (Å²) in [6, 6.07) is 3.01. The fourth-order valence-corrected chi connectivity index (χ4v) is 6.34. The minimum absolute atomic E-state index is 0.115. The molecule has 0 radical (unpaired) electrons. The molecule has 0 amide bonds. The minimum atomic E-state index is -0.954. The van der Waals surface area contributed by atoms with Crippen LogP contribution >= 0.6 is 0 Å². The zero-order valence-electron chi connectivity index (χ0n) is 18.8. The highest BCUT2D eigenvalue weighted by molar-refractivity contribution is 7.92. The normalized spacial score (nSPS) is 14.6. The zero-order chi connectivity index (χ0) is 23.1. The highest BCUT2D eigenvalue weighted by atomic mass is 32.2. The van der Waals surface area contributed by atoms with Crippen LogP contribution in [0.25, 0.3) is 0 Å². The van der Waals surface area contributed by atoms with Crippen molar-refractivity contribution in [3.63, 3.8) is 0 Å². The number of nitrogens with zero attached hydrogens (tertiary/aromatic N) is 2. The molecule has 2 rings (SSSR count). The van der Waals surface area contributed by atoms with Gasteiger partial charge in [-0.2, -0.15) is 0 Å². The van der Waals surface area contributed by atoms with E-state index < -0.39 is 22.4 Å². The second kappa shape index (κ2) is 11.5. The molecule has 0 saturated carbocycles. The van der Waals surface area contributed by atoms with Crippen LogP contribution in [0.1, 0.15) is 58.5 Å². The average molecular weight is 475 g/mol. The molecule has 0 saturated heterocycles. The molecule has 8 nitrogen and oxygen atoms in total. The second-order valence-electron chi connectivity index (χ2n) is 9.53. The number of aromatic nitrogens is 2. The van der Waals surface area contributed by atoms with Crippen molar-refractivity contribution in [1.29, 1.82) is 0 Å². The van der Waals surface area contributed by atoms with Crippen molar-refractivity contribution in [3.05, 3.63) is 23.7 Å². The topological polar surface area (TPSA) is 139 Å². The molecule has 31 heavy (non-hydrogen) atoms. The average Bonchev–Trinajstić information content (AvgIpc) is 3.25. The van der Waals surface area contributed by atoms with Crippen LogP contribution in [0.5, 0.6) is 11.8 Å². The summed E-state index contributed by atoms with van der Waals surface area (Å²) < 4.78 is 34.8. The van der Waals surface area contributed by atoms with Gasteiger partial charge >= 0.3 is 0 Å². The third-order valence-corrected chi connectivity index (χ3v) is 7.96. The quantitative estimate of drug-likeness (QED) is 0.396. The lowest BCUT2D eigenvalue weighted by atomic mass is 9.85. The van der Waals surface area contributed by atoms with Gasteiger partial charge in [-0.05, 0) is 34.0 Å². The number of hydrogen-bond donors (Lipinski definition) is 2. The maximum atomic E-state index is 12.3. The molecule has 0 aliphatic carbocycles. The molecule has 2 aromatic rings. The van der Waals surface area contributed by atoms with Crippen molar-refractivity contribution in [3.8, 4) is 11.8 Å². The van der Waals surface area contributed by atoms with Crippen LogP contribution in [0.2, 0.25) is 0 Å². The molecule has 2 heterocycles. The maximum Gasteiger partial charge on any atom is 0.251 e. The summed E-state index contributed by atoms with van der Waals surface area (Å²) in [5.74, 6) is 3.25. The molecule has 0 fully saturated rings. The fourth-order valence-electron chi connectivity index (χ4n) is 3.26. The van der Waals surface area contributed by atoms with Gasteiger partial charge in [0.15, 0.2) is 0 Å². The van der Waals surface area contributed by atoms with Gasteiger partial charge in [-0.3, -0.25) is 0 Å². The molecule has 0 aromatic carbocycles. The summed E-state index contributed by atoms with van der Waals surface area (Å²) in [6.45, 7) is 8.28. The highest BCUT2D eigenvalue weighted by Crippen LogP contribution is 2.29. The summed E-state index contributed by atoms with van der Waals surface area (Å²) in [7, 11) is 0. The number of rotatable bonds is 14. The van der Waals surface area contributed by atoms with Crippen molar-refractivity contribution < 1.29 is 28.4 Å². The van der Waals surface area contributed by atoms with Gasteiger partial charge in [0.1, 0.15) is 34.5 Å². The molecule has 0 spiro atoms. The van der Waals surface area contributed by atoms with Gasteiger partial charge in [-0.25, -0.2) is 0 Å². The molecular formula is C21H34N2O6S2. The first kappa shape index (κ1) is 25.9. The molecule has 0 aliphatic heterocycles. The van der Waals surface area contributed by atoms with E-state index in [1.165, 1.54) is 12.1 Å². The van der Waals surface area contributed by atoms with Crippen LogP contribution in [-0.2, 0) is 35.2 Å². The lowest BCUT2D eigenvalue weighted by molar-refractivity contribution is 0.284. The van der Waals surface area contributed by atoms with E-state index in [0.29, 0.717) is 53.8 Å². The number of aromatic hydroxyl groups is 2. The van der Waals surface area contributed by atoms with E-state index in [0.717, 1.165) is 12.8 Å². The van der Waals surface area contributed by atoms with Gasteiger partial charge in [0.05, 0.1) is 0 Å². The smallest absolute Gasteiger partial charge is 0.251 e. The van der Waals surface area contributed by atoms with E-state index in [1.807, 2.05) is 0 Å². The first-order chi connectivity index (χ1) is 14.4. The molecule has 10 heteroatoms. The Hall–Kier alpha value is -1.36. The summed E-state index contributed by atoms with van der Waals surface area (Å²) in [6.07, 6.45) is 3.42. The zero-order valence-corrected chi connectivity index (χ0v) is 20.4. The molecule has 176 valence electrons. The Bertz CT molecular complexity index is 728.